The highest BCUT2D eigenvalue weighted by molar-refractivity contribution is 6.17. The maximum Gasteiger partial charge on any atom is 0.164 e. The number of pyridine rings is 1. The molecule has 0 unspecified atom stereocenters. The van der Waals surface area contributed by atoms with Gasteiger partial charge in [-0.15, -0.1) is 0 Å². The number of para-hydroxylation sites is 1. The van der Waals surface area contributed by atoms with Gasteiger partial charge in [-0.25, -0.2) is 15.0 Å². The van der Waals surface area contributed by atoms with E-state index < -0.39 is 0 Å². The Morgan fingerprint density at radius 2 is 0.981 bits per heavy atom. The molecular formula is C46H26N4O2. The van der Waals surface area contributed by atoms with E-state index in [1.807, 2.05) is 85.2 Å². The number of fused-ring (bicyclic) bond motifs is 8. The Morgan fingerprint density at radius 3 is 1.81 bits per heavy atom. The van der Waals surface area contributed by atoms with E-state index in [1.165, 1.54) is 0 Å². The minimum Gasteiger partial charge on any atom is -0.456 e. The van der Waals surface area contributed by atoms with Gasteiger partial charge in [0.05, 0.1) is 0 Å². The van der Waals surface area contributed by atoms with Crippen LogP contribution in [0.5, 0.6) is 0 Å². The lowest BCUT2D eigenvalue weighted by atomic mass is 9.92. The first kappa shape index (κ1) is 28.6. The molecule has 0 bridgehead atoms. The highest BCUT2D eigenvalue weighted by Crippen LogP contribution is 2.43. The van der Waals surface area contributed by atoms with Gasteiger partial charge in [-0.1, -0.05) is 97.1 Å². The molecule has 0 N–H and O–H groups in total. The van der Waals surface area contributed by atoms with Gasteiger partial charge in [0.25, 0.3) is 0 Å². The van der Waals surface area contributed by atoms with E-state index in [4.69, 9.17) is 23.8 Å². The lowest BCUT2D eigenvalue weighted by molar-refractivity contribution is 0.669. The number of furan rings is 2. The number of hydrogen-bond donors (Lipinski definition) is 0. The molecular weight excluding hydrogens is 641 g/mol. The second kappa shape index (κ2) is 11.2. The third-order valence-electron chi connectivity index (χ3n) is 9.98. The molecule has 242 valence electrons. The Bertz CT molecular complexity index is 3200. The van der Waals surface area contributed by atoms with E-state index in [9.17, 15) is 0 Å². The average molecular weight is 667 g/mol. The molecule has 11 rings (SSSR count). The van der Waals surface area contributed by atoms with Crippen molar-refractivity contribution in [3.05, 3.63) is 158 Å². The van der Waals surface area contributed by atoms with Crippen molar-refractivity contribution in [1.82, 2.24) is 19.9 Å². The molecule has 0 aliphatic rings. The van der Waals surface area contributed by atoms with Gasteiger partial charge in [-0.2, -0.15) is 0 Å². The summed E-state index contributed by atoms with van der Waals surface area (Å²) in [6.45, 7) is 0. The van der Waals surface area contributed by atoms with Crippen molar-refractivity contribution in [2.75, 3.05) is 0 Å². The first-order valence-electron chi connectivity index (χ1n) is 17.2. The standard InChI is InChI=1S/C46H26N4O2/c1-2-10-27(11-3-1)44-48-45(34-16-9-19-40-43(34)33-14-6-7-17-38(33)51-40)50-46(49-44)36-23-29-13-5-4-12-28(29)22-35(36)32-15-8-18-39-42(32)37-24-31-26-47-21-20-30(31)25-41(37)52-39/h1-26H. The summed E-state index contributed by atoms with van der Waals surface area (Å²) < 4.78 is 12.8. The number of hydrogen-bond acceptors (Lipinski definition) is 6. The maximum absolute atomic E-state index is 6.51. The summed E-state index contributed by atoms with van der Waals surface area (Å²) in [5.74, 6) is 1.75. The Labute approximate surface area is 296 Å². The number of nitrogens with zero attached hydrogens (tertiary/aromatic N) is 4. The SMILES string of the molecule is c1ccc(-c2nc(-c3cc4ccccc4cc3-c3cccc4oc5cc6ccncc6cc5c34)nc(-c3cccc4oc5ccccc5c34)n2)cc1. The van der Waals surface area contributed by atoms with Gasteiger partial charge in [0.15, 0.2) is 17.5 Å². The molecule has 11 aromatic rings. The van der Waals surface area contributed by atoms with Crippen LogP contribution < -0.4 is 0 Å². The van der Waals surface area contributed by atoms with Crippen LogP contribution in [0.2, 0.25) is 0 Å². The second-order valence-electron chi connectivity index (χ2n) is 13.0. The quantitative estimate of drug-likeness (QED) is 0.186. The van der Waals surface area contributed by atoms with Gasteiger partial charge in [0.2, 0.25) is 0 Å². The van der Waals surface area contributed by atoms with Crippen LogP contribution in [0.15, 0.2) is 167 Å². The minimum absolute atomic E-state index is 0.575. The fourth-order valence-electron chi connectivity index (χ4n) is 7.57. The van der Waals surface area contributed by atoms with Crippen molar-refractivity contribution >= 4 is 65.4 Å². The summed E-state index contributed by atoms with van der Waals surface area (Å²) in [6.07, 6.45) is 3.71. The molecule has 0 aliphatic carbocycles. The zero-order valence-corrected chi connectivity index (χ0v) is 27.6. The number of rotatable bonds is 4. The lowest BCUT2D eigenvalue weighted by Gasteiger charge is -2.15. The molecule has 0 atom stereocenters. The third-order valence-corrected chi connectivity index (χ3v) is 9.98. The summed E-state index contributed by atoms with van der Waals surface area (Å²) in [5, 5.41) is 8.41. The van der Waals surface area contributed by atoms with E-state index >= 15 is 0 Å². The third kappa shape index (κ3) is 4.44. The van der Waals surface area contributed by atoms with Crippen LogP contribution in [0.25, 0.3) is 111 Å². The Hall–Kier alpha value is -7.18. The zero-order chi connectivity index (χ0) is 34.2. The Morgan fingerprint density at radius 1 is 0.365 bits per heavy atom. The van der Waals surface area contributed by atoms with Crippen molar-refractivity contribution in [2.45, 2.75) is 0 Å². The van der Waals surface area contributed by atoms with Crippen molar-refractivity contribution in [3.8, 4) is 45.3 Å². The molecule has 0 aliphatic heterocycles. The van der Waals surface area contributed by atoms with Gasteiger partial charge in [0.1, 0.15) is 22.3 Å². The van der Waals surface area contributed by atoms with Crippen LogP contribution in [-0.4, -0.2) is 19.9 Å². The van der Waals surface area contributed by atoms with E-state index in [2.05, 4.69) is 77.8 Å². The fraction of sp³-hybridized carbons (Fsp3) is 0. The fourth-order valence-corrected chi connectivity index (χ4v) is 7.57. The highest BCUT2D eigenvalue weighted by Gasteiger charge is 2.22. The molecule has 0 fully saturated rings. The smallest absolute Gasteiger partial charge is 0.164 e. The molecule has 52 heavy (non-hydrogen) atoms. The first-order chi connectivity index (χ1) is 25.7. The summed E-state index contributed by atoms with van der Waals surface area (Å²) in [5.41, 5.74) is 7.97. The summed E-state index contributed by atoms with van der Waals surface area (Å²) in [7, 11) is 0. The van der Waals surface area contributed by atoms with E-state index in [1.54, 1.807) is 0 Å². The van der Waals surface area contributed by atoms with Crippen LogP contribution in [0.3, 0.4) is 0 Å². The van der Waals surface area contributed by atoms with Crippen molar-refractivity contribution in [2.24, 2.45) is 0 Å². The monoisotopic (exact) mass is 666 g/mol. The molecule has 0 radical (unpaired) electrons. The van der Waals surface area contributed by atoms with E-state index in [0.717, 1.165) is 93.2 Å². The van der Waals surface area contributed by atoms with Gasteiger partial charge < -0.3 is 8.83 Å². The van der Waals surface area contributed by atoms with Gasteiger partial charge >= 0.3 is 0 Å². The predicted molar refractivity (Wildman–Crippen MR) is 209 cm³/mol. The van der Waals surface area contributed by atoms with Gasteiger partial charge in [-0.05, 0) is 75.8 Å². The molecule has 4 heterocycles. The largest absolute Gasteiger partial charge is 0.456 e. The molecule has 6 heteroatoms. The van der Waals surface area contributed by atoms with E-state index in [0.29, 0.717) is 17.5 Å². The van der Waals surface area contributed by atoms with Crippen molar-refractivity contribution < 1.29 is 8.83 Å². The zero-order valence-electron chi connectivity index (χ0n) is 27.6. The van der Waals surface area contributed by atoms with Gasteiger partial charge in [0, 0.05) is 56.0 Å². The molecule has 0 amide bonds. The molecule has 6 nitrogen and oxygen atoms in total. The summed E-state index contributed by atoms with van der Waals surface area (Å²) >= 11 is 0. The van der Waals surface area contributed by atoms with Crippen molar-refractivity contribution in [1.29, 1.82) is 0 Å². The number of aromatic nitrogens is 4. The average Bonchev–Trinajstić information content (AvgIpc) is 3.77. The lowest BCUT2D eigenvalue weighted by Crippen LogP contribution is -2.01. The Kier molecular flexibility index (Phi) is 6.15. The Balaban J connectivity index is 1.23. The van der Waals surface area contributed by atoms with Crippen LogP contribution in [-0.2, 0) is 0 Å². The van der Waals surface area contributed by atoms with E-state index in [-0.39, 0.29) is 0 Å². The molecule has 4 aromatic heterocycles. The minimum atomic E-state index is 0.575. The summed E-state index contributed by atoms with van der Waals surface area (Å²) in [6, 6.07) is 49.7. The normalized spacial score (nSPS) is 11.8. The molecule has 0 saturated carbocycles. The second-order valence-corrected chi connectivity index (χ2v) is 13.0. The first-order valence-corrected chi connectivity index (χ1v) is 17.2. The molecule has 0 saturated heterocycles. The van der Waals surface area contributed by atoms with Crippen molar-refractivity contribution in [3.63, 3.8) is 0 Å². The summed E-state index contributed by atoms with van der Waals surface area (Å²) in [4.78, 5) is 20.0. The van der Waals surface area contributed by atoms with Crippen LogP contribution >= 0.6 is 0 Å². The molecule has 0 spiro atoms. The maximum atomic E-state index is 6.51. The number of benzene rings is 7. The van der Waals surface area contributed by atoms with Crippen LogP contribution in [0.4, 0.5) is 0 Å². The van der Waals surface area contributed by atoms with Crippen LogP contribution in [0, 0.1) is 0 Å². The topological polar surface area (TPSA) is 77.8 Å². The highest BCUT2D eigenvalue weighted by atomic mass is 16.3. The molecule has 7 aromatic carbocycles. The van der Waals surface area contributed by atoms with Gasteiger partial charge in [-0.3, -0.25) is 4.98 Å². The predicted octanol–water partition coefficient (Wildman–Crippen LogP) is 12.0. The van der Waals surface area contributed by atoms with Crippen LogP contribution in [0.1, 0.15) is 0 Å².